The minimum atomic E-state index is 0.0275. The fraction of sp³-hybridized carbons (Fsp3) is 0.278. The smallest absolute Gasteiger partial charge is 0.226 e. The third-order valence-corrected chi connectivity index (χ3v) is 4.09. The lowest BCUT2D eigenvalue weighted by Gasteiger charge is -2.13. The molecule has 0 fully saturated rings. The monoisotopic (exact) mass is 360 g/mol. The van der Waals surface area contributed by atoms with Crippen LogP contribution in [0.2, 0.25) is 0 Å². The highest BCUT2D eigenvalue weighted by atomic mass is 79.9. The van der Waals surface area contributed by atoms with E-state index in [1.54, 1.807) is 0 Å². The maximum atomic E-state index is 12.1. The van der Waals surface area contributed by atoms with Crippen molar-refractivity contribution >= 4 is 33.2 Å². The Morgan fingerprint density at radius 2 is 1.73 bits per heavy atom. The quantitative estimate of drug-likeness (QED) is 0.802. The maximum absolute atomic E-state index is 12.1. The van der Waals surface area contributed by atoms with Crippen LogP contribution < -0.4 is 10.6 Å². The van der Waals surface area contributed by atoms with Crippen LogP contribution in [0.1, 0.15) is 23.1 Å². The number of hydrogen-bond acceptors (Lipinski definition) is 2. The number of para-hydroxylation sites is 1. The van der Waals surface area contributed by atoms with Crippen molar-refractivity contribution in [3.8, 4) is 0 Å². The summed E-state index contributed by atoms with van der Waals surface area (Å²) < 4.78 is 1.06. The summed E-state index contributed by atoms with van der Waals surface area (Å²) in [6.07, 6.45) is 0.434. The van der Waals surface area contributed by atoms with Gasteiger partial charge < -0.3 is 10.6 Å². The second kappa shape index (κ2) is 7.45. The summed E-state index contributed by atoms with van der Waals surface area (Å²) >= 11 is 3.45. The molecule has 0 atom stereocenters. The molecule has 3 nitrogen and oxygen atoms in total. The predicted molar refractivity (Wildman–Crippen MR) is 96.5 cm³/mol. The van der Waals surface area contributed by atoms with E-state index in [-0.39, 0.29) is 5.91 Å². The predicted octanol–water partition coefficient (Wildman–Crippen LogP) is 4.82. The van der Waals surface area contributed by atoms with E-state index in [0.717, 1.165) is 32.5 Å². The van der Waals surface area contributed by atoms with Gasteiger partial charge in [0.15, 0.2) is 0 Å². The number of benzene rings is 2. The minimum Gasteiger partial charge on any atom is -0.384 e. The number of nitrogens with one attached hydrogen (secondary N) is 2. The summed E-state index contributed by atoms with van der Waals surface area (Å²) in [6, 6.07) is 12.1. The summed E-state index contributed by atoms with van der Waals surface area (Å²) in [7, 11) is 0. The number of halogens is 1. The van der Waals surface area contributed by atoms with Gasteiger partial charge in [-0.05, 0) is 55.7 Å². The molecule has 0 bridgehead atoms. The fourth-order valence-corrected chi connectivity index (χ4v) is 2.83. The van der Waals surface area contributed by atoms with Gasteiger partial charge in [-0.1, -0.05) is 34.1 Å². The standard InChI is InChI=1S/C18H21BrN2O/c1-12-5-4-6-13(2)18(12)21-17(22)9-10-20-16-8-7-15(19)11-14(16)3/h4-8,11,20H,9-10H2,1-3H3,(H,21,22). The molecule has 2 aromatic rings. The van der Waals surface area contributed by atoms with E-state index < -0.39 is 0 Å². The molecule has 2 rings (SSSR count). The zero-order valence-corrected chi connectivity index (χ0v) is 14.8. The van der Waals surface area contributed by atoms with Crippen LogP contribution in [-0.2, 0) is 4.79 Å². The Kier molecular flexibility index (Phi) is 5.61. The van der Waals surface area contributed by atoms with Crippen LogP contribution in [0.25, 0.3) is 0 Å². The van der Waals surface area contributed by atoms with Crippen LogP contribution in [-0.4, -0.2) is 12.5 Å². The average Bonchev–Trinajstić information content (AvgIpc) is 2.45. The van der Waals surface area contributed by atoms with Crippen LogP contribution in [0.15, 0.2) is 40.9 Å². The number of hydrogen-bond donors (Lipinski definition) is 2. The molecule has 0 heterocycles. The molecule has 0 spiro atoms. The lowest BCUT2D eigenvalue weighted by Crippen LogP contribution is -2.17. The average molecular weight is 361 g/mol. The molecular formula is C18H21BrN2O. The molecule has 116 valence electrons. The van der Waals surface area contributed by atoms with Crippen LogP contribution in [0.3, 0.4) is 0 Å². The molecular weight excluding hydrogens is 340 g/mol. The zero-order valence-electron chi connectivity index (χ0n) is 13.2. The number of anilines is 2. The second-order valence-electron chi connectivity index (χ2n) is 5.45. The van der Waals surface area contributed by atoms with Gasteiger partial charge in [-0.2, -0.15) is 0 Å². The lowest BCUT2D eigenvalue weighted by molar-refractivity contribution is -0.115. The number of amides is 1. The highest BCUT2D eigenvalue weighted by molar-refractivity contribution is 9.10. The van der Waals surface area contributed by atoms with Crippen LogP contribution in [0.5, 0.6) is 0 Å². The Morgan fingerprint density at radius 3 is 2.36 bits per heavy atom. The van der Waals surface area contributed by atoms with Gasteiger partial charge >= 0.3 is 0 Å². The normalized spacial score (nSPS) is 10.4. The van der Waals surface area contributed by atoms with Crippen molar-refractivity contribution in [1.29, 1.82) is 0 Å². The maximum Gasteiger partial charge on any atom is 0.226 e. The Balaban J connectivity index is 1.88. The molecule has 0 radical (unpaired) electrons. The topological polar surface area (TPSA) is 41.1 Å². The van der Waals surface area contributed by atoms with Crippen LogP contribution in [0, 0.1) is 20.8 Å². The van der Waals surface area contributed by atoms with E-state index >= 15 is 0 Å². The van der Waals surface area contributed by atoms with Gasteiger partial charge in [0.25, 0.3) is 0 Å². The minimum absolute atomic E-state index is 0.0275. The molecule has 0 unspecified atom stereocenters. The van der Waals surface area contributed by atoms with E-state index in [1.807, 2.05) is 51.1 Å². The van der Waals surface area contributed by atoms with Gasteiger partial charge in [-0.15, -0.1) is 0 Å². The lowest BCUT2D eigenvalue weighted by atomic mass is 10.1. The van der Waals surface area contributed by atoms with E-state index in [9.17, 15) is 4.79 Å². The zero-order chi connectivity index (χ0) is 16.1. The number of carbonyl (C=O) groups is 1. The first-order valence-electron chi connectivity index (χ1n) is 7.33. The summed E-state index contributed by atoms with van der Waals surface area (Å²) in [4.78, 5) is 12.1. The first kappa shape index (κ1) is 16.6. The molecule has 22 heavy (non-hydrogen) atoms. The van der Waals surface area contributed by atoms with Crippen molar-refractivity contribution in [3.63, 3.8) is 0 Å². The van der Waals surface area contributed by atoms with Crippen molar-refractivity contribution < 1.29 is 4.79 Å². The van der Waals surface area contributed by atoms with Crippen molar-refractivity contribution in [3.05, 3.63) is 57.6 Å². The molecule has 0 saturated heterocycles. The van der Waals surface area contributed by atoms with E-state index in [2.05, 4.69) is 32.6 Å². The van der Waals surface area contributed by atoms with Crippen molar-refractivity contribution in [2.75, 3.05) is 17.2 Å². The Hall–Kier alpha value is -1.81. The largest absolute Gasteiger partial charge is 0.384 e. The highest BCUT2D eigenvalue weighted by Crippen LogP contribution is 2.21. The van der Waals surface area contributed by atoms with Crippen LogP contribution in [0.4, 0.5) is 11.4 Å². The molecule has 4 heteroatoms. The van der Waals surface area contributed by atoms with Gasteiger partial charge in [0.2, 0.25) is 5.91 Å². The van der Waals surface area contributed by atoms with Crippen molar-refractivity contribution in [2.45, 2.75) is 27.2 Å². The summed E-state index contributed by atoms with van der Waals surface area (Å²) in [5.74, 6) is 0.0275. The van der Waals surface area contributed by atoms with Crippen molar-refractivity contribution in [1.82, 2.24) is 0 Å². The van der Waals surface area contributed by atoms with E-state index in [1.165, 1.54) is 0 Å². The summed E-state index contributed by atoms with van der Waals surface area (Å²) in [5.41, 5.74) is 5.31. The highest BCUT2D eigenvalue weighted by Gasteiger charge is 2.07. The summed E-state index contributed by atoms with van der Waals surface area (Å²) in [6.45, 7) is 6.67. The van der Waals surface area contributed by atoms with Crippen LogP contribution >= 0.6 is 15.9 Å². The van der Waals surface area contributed by atoms with Crippen molar-refractivity contribution in [2.24, 2.45) is 0 Å². The molecule has 1 amide bonds. The first-order chi connectivity index (χ1) is 10.5. The Labute approximate surface area is 140 Å². The van der Waals surface area contributed by atoms with Gasteiger partial charge in [-0.3, -0.25) is 4.79 Å². The molecule has 0 aliphatic rings. The number of aryl methyl sites for hydroxylation is 3. The number of rotatable bonds is 5. The summed E-state index contributed by atoms with van der Waals surface area (Å²) in [5, 5.41) is 6.31. The Bertz CT molecular complexity index is 663. The fourth-order valence-electron chi connectivity index (χ4n) is 2.35. The van der Waals surface area contributed by atoms with Gasteiger partial charge in [0, 0.05) is 28.8 Å². The molecule has 0 aliphatic carbocycles. The molecule has 0 aromatic heterocycles. The SMILES string of the molecule is Cc1cc(Br)ccc1NCCC(=O)Nc1c(C)cccc1C. The number of carbonyl (C=O) groups excluding carboxylic acids is 1. The molecule has 0 aliphatic heterocycles. The second-order valence-corrected chi connectivity index (χ2v) is 6.37. The Morgan fingerprint density at radius 1 is 1.05 bits per heavy atom. The van der Waals surface area contributed by atoms with Gasteiger partial charge in [0.05, 0.1) is 0 Å². The molecule has 2 N–H and O–H groups in total. The van der Waals surface area contributed by atoms with Gasteiger partial charge in [-0.25, -0.2) is 0 Å². The third-order valence-electron chi connectivity index (χ3n) is 3.60. The van der Waals surface area contributed by atoms with Gasteiger partial charge in [0.1, 0.15) is 0 Å². The first-order valence-corrected chi connectivity index (χ1v) is 8.13. The van der Waals surface area contributed by atoms with E-state index in [0.29, 0.717) is 13.0 Å². The van der Waals surface area contributed by atoms with E-state index in [4.69, 9.17) is 0 Å². The molecule has 0 saturated carbocycles. The molecule has 2 aromatic carbocycles. The third kappa shape index (κ3) is 4.34.